The molecule has 28 heavy (non-hydrogen) atoms. The number of rotatable bonds is 10. The van der Waals surface area contributed by atoms with Crippen LogP contribution in [0.4, 0.5) is 0 Å². The van der Waals surface area contributed by atoms with Crippen LogP contribution in [0, 0.1) is 0 Å². The molecule has 2 rings (SSSR count). The van der Waals surface area contributed by atoms with Crippen LogP contribution < -0.4 is 10.9 Å². The van der Waals surface area contributed by atoms with Crippen LogP contribution in [0.1, 0.15) is 36.7 Å². The molecule has 0 radical (unpaired) electrons. The number of aromatic nitrogens is 1. The third-order valence-corrected chi connectivity index (χ3v) is 4.85. The van der Waals surface area contributed by atoms with E-state index in [1.807, 2.05) is 0 Å². The molecule has 0 aliphatic heterocycles. The third-order valence-electron chi connectivity index (χ3n) is 4.60. The van der Waals surface area contributed by atoms with Crippen molar-refractivity contribution in [2.24, 2.45) is 0 Å². The van der Waals surface area contributed by atoms with Gasteiger partial charge in [0.25, 0.3) is 11.5 Å². The quantitative estimate of drug-likeness (QED) is 0.376. The largest absolute Gasteiger partial charge is 0.354 e. The number of benzene rings is 1. The van der Waals surface area contributed by atoms with Gasteiger partial charge in [-0.3, -0.25) is 19.0 Å². The molecule has 1 heterocycles. The molecule has 0 saturated heterocycles. The number of nitrogens with zero attached hydrogens (tertiary/aromatic N) is 2. The number of hydrogen-bond donors (Lipinski definition) is 1. The molecule has 1 atom stereocenters. The highest BCUT2D eigenvalue weighted by Crippen LogP contribution is 2.16. The number of amides is 1. The molecule has 0 aliphatic rings. The van der Waals surface area contributed by atoms with E-state index in [9.17, 15) is 14.4 Å². The van der Waals surface area contributed by atoms with Crippen LogP contribution in [0.15, 0.2) is 53.5 Å². The number of ketones is 1. The minimum atomic E-state index is -1.26. The third kappa shape index (κ3) is 5.78. The Labute approximate surface area is 170 Å². The van der Waals surface area contributed by atoms with Crippen molar-refractivity contribution in [3.63, 3.8) is 0 Å². The van der Waals surface area contributed by atoms with E-state index in [0.717, 1.165) is 30.6 Å². The van der Waals surface area contributed by atoms with Gasteiger partial charge in [-0.05, 0) is 56.4 Å². The molecular weight excluding hydrogens is 378 g/mol. The second kappa shape index (κ2) is 10.8. The van der Waals surface area contributed by atoms with Crippen molar-refractivity contribution >= 4 is 23.3 Å². The average Bonchev–Trinajstić information content (AvgIpc) is 2.70. The fourth-order valence-electron chi connectivity index (χ4n) is 2.95. The van der Waals surface area contributed by atoms with Crippen molar-refractivity contribution in [3.8, 4) is 0 Å². The molecule has 150 valence electrons. The Kier molecular flexibility index (Phi) is 8.42. The highest BCUT2D eigenvalue weighted by Gasteiger charge is 2.29. The molecule has 6 nitrogen and oxygen atoms in total. The summed E-state index contributed by atoms with van der Waals surface area (Å²) in [5, 5.41) is 3.29. The van der Waals surface area contributed by atoms with E-state index in [1.54, 1.807) is 36.4 Å². The van der Waals surface area contributed by atoms with Gasteiger partial charge in [0.2, 0.25) is 0 Å². The highest BCUT2D eigenvalue weighted by molar-refractivity contribution is 6.30. The monoisotopic (exact) mass is 403 g/mol. The van der Waals surface area contributed by atoms with Crippen LogP contribution in [0.5, 0.6) is 0 Å². The molecular formula is C21H26ClN3O3. The summed E-state index contributed by atoms with van der Waals surface area (Å²) in [6.45, 7) is 7.36. The number of halogens is 1. The van der Waals surface area contributed by atoms with Gasteiger partial charge < -0.3 is 10.2 Å². The molecule has 1 aromatic carbocycles. The zero-order valence-electron chi connectivity index (χ0n) is 16.2. The maximum absolute atomic E-state index is 13.0. The van der Waals surface area contributed by atoms with Crippen LogP contribution in [-0.2, 0) is 4.79 Å². The lowest BCUT2D eigenvalue weighted by Gasteiger charge is -2.20. The molecule has 7 heteroatoms. The Morgan fingerprint density at radius 1 is 1.11 bits per heavy atom. The van der Waals surface area contributed by atoms with Gasteiger partial charge in [0.1, 0.15) is 0 Å². The Balaban J connectivity index is 2.18. The zero-order chi connectivity index (χ0) is 20.5. The van der Waals surface area contributed by atoms with Crippen LogP contribution >= 0.6 is 11.6 Å². The minimum absolute atomic E-state index is 0.323. The van der Waals surface area contributed by atoms with E-state index < -0.39 is 23.3 Å². The van der Waals surface area contributed by atoms with Gasteiger partial charge in [0.15, 0.2) is 11.8 Å². The number of pyridine rings is 1. The van der Waals surface area contributed by atoms with Gasteiger partial charge in [0.05, 0.1) is 0 Å². The second-order valence-corrected chi connectivity index (χ2v) is 6.83. The summed E-state index contributed by atoms with van der Waals surface area (Å²) in [6.07, 6.45) is 2.22. The summed E-state index contributed by atoms with van der Waals surface area (Å²) >= 11 is 5.88. The lowest BCUT2D eigenvalue weighted by atomic mass is 10.0. The first kappa shape index (κ1) is 21.9. The predicted octanol–water partition coefficient (Wildman–Crippen LogP) is 2.77. The first-order valence-corrected chi connectivity index (χ1v) is 9.82. The summed E-state index contributed by atoms with van der Waals surface area (Å²) in [5.74, 6) is -0.945. The van der Waals surface area contributed by atoms with E-state index in [1.165, 1.54) is 12.3 Å². The lowest BCUT2D eigenvalue weighted by molar-refractivity contribution is -0.123. The maximum atomic E-state index is 13.0. The second-order valence-electron chi connectivity index (χ2n) is 6.39. The van der Waals surface area contributed by atoms with Crippen molar-refractivity contribution in [1.29, 1.82) is 0 Å². The van der Waals surface area contributed by atoms with Crippen molar-refractivity contribution in [2.75, 3.05) is 26.2 Å². The molecule has 0 aliphatic carbocycles. The first-order valence-electron chi connectivity index (χ1n) is 9.45. The standard InChI is InChI=1S/C21H26ClN3O3/c1-3-24(4-2)14-7-13-23-21(28)19(25-15-6-5-8-18(25)26)20(27)16-9-11-17(22)12-10-16/h5-6,8-12,15,19H,3-4,7,13-14H2,1-2H3,(H,23,28). The fourth-order valence-corrected chi connectivity index (χ4v) is 3.07. The molecule has 0 fully saturated rings. The zero-order valence-corrected chi connectivity index (χ0v) is 17.0. The Morgan fingerprint density at radius 2 is 1.79 bits per heavy atom. The van der Waals surface area contributed by atoms with E-state index in [0.29, 0.717) is 17.1 Å². The van der Waals surface area contributed by atoms with E-state index in [2.05, 4.69) is 24.1 Å². The molecule has 1 aromatic heterocycles. The van der Waals surface area contributed by atoms with Crippen LogP contribution in [-0.4, -0.2) is 47.3 Å². The topological polar surface area (TPSA) is 71.4 Å². The summed E-state index contributed by atoms with van der Waals surface area (Å²) in [5.41, 5.74) is -0.0865. The Hall–Kier alpha value is -2.44. The number of hydrogen-bond acceptors (Lipinski definition) is 4. The number of Topliss-reactive ketones (excluding diaryl/α,β-unsaturated/α-hetero) is 1. The molecule has 0 saturated carbocycles. The minimum Gasteiger partial charge on any atom is -0.354 e. The Morgan fingerprint density at radius 3 is 2.39 bits per heavy atom. The van der Waals surface area contributed by atoms with Gasteiger partial charge >= 0.3 is 0 Å². The van der Waals surface area contributed by atoms with Gasteiger partial charge in [-0.25, -0.2) is 0 Å². The molecule has 0 spiro atoms. The smallest absolute Gasteiger partial charge is 0.251 e. The van der Waals surface area contributed by atoms with Gasteiger partial charge in [-0.15, -0.1) is 0 Å². The van der Waals surface area contributed by atoms with Crippen molar-refractivity contribution in [1.82, 2.24) is 14.8 Å². The number of carbonyl (C=O) groups is 2. The molecule has 0 bridgehead atoms. The number of carbonyl (C=O) groups excluding carboxylic acids is 2. The number of nitrogens with one attached hydrogen (secondary N) is 1. The van der Waals surface area contributed by atoms with E-state index in [4.69, 9.17) is 11.6 Å². The predicted molar refractivity (Wildman–Crippen MR) is 111 cm³/mol. The summed E-state index contributed by atoms with van der Waals surface area (Å²) in [6, 6.07) is 9.54. The van der Waals surface area contributed by atoms with Crippen LogP contribution in [0.3, 0.4) is 0 Å². The molecule has 1 N–H and O–H groups in total. The summed E-state index contributed by atoms with van der Waals surface area (Å²) < 4.78 is 1.16. The Bertz CT molecular complexity index is 844. The molecule has 1 unspecified atom stereocenters. The molecule has 2 aromatic rings. The summed E-state index contributed by atoms with van der Waals surface area (Å²) in [7, 11) is 0. The van der Waals surface area contributed by atoms with Gasteiger partial charge in [0, 0.05) is 29.4 Å². The van der Waals surface area contributed by atoms with Crippen molar-refractivity contribution in [3.05, 3.63) is 69.6 Å². The van der Waals surface area contributed by atoms with Gasteiger partial charge in [-0.1, -0.05) is 31.5 Å². The summed E-state index contributed by atoms with van der Waals surface area (Å²) in [4.78, 5) is 40.4. The van der Waals surface area contributed by atoms with E-state index >= 15 is 0 Å². The van der Waals surface area contributed by atoms with Crippen LogP contribution in [0.2, 0.25) is 5.02 Å². The fraction of sp³-hybridized carbons (Fsp3) is 0.381. The average molecular weight is 404 g/mol. The van der Waals surface area contributed by atoms with Crippen molar-refractivity contribution < 1.29 is 9.59 Å². The first-order chi connectivity index (χ1) is 13.5. The van der Waals surface area contributed by atoms with Gasteiger partial charge in [-0.2, -0.15) is 0 Å². The normalized spacial score (nSPS) is 12.0. The molecule has 1 amide bonds. The van der Waals surface area contributed by atoms with E-state index in [-0.39, 0.29) is 0 Å². The SMILES string of the molecule is CCN(CC)CCCNC(=O)C(C(=O)c1ccc(Cl)cc1)n1ccccc1=O. The highest BCUT2D eigenvalue weighted by atomic mass is 35.5. The van der Waals surface area contributed by atoms with Crippen molar-refractivity contribution in [2.45, 2.75) is 26.3 Å². The van der Waals surface area contributed by atoms with Crippen LogP contribution in [0.25, 0.3) is 0 Å². The lowest BCUT2D eigenvalue weighted by Crippen LogP contribution is -2.42. The maximum Gasteiger partial charge on any atom is 0.251 e.